The number of nitrogens with zero attached hydrogens (tertiary/aromatic N) is 1. The summed E-state index contributed by atoms with van der Waals surface area (Å²) in [6.45, 7) is 2.61. The van der Waals surface area contributed by atoms with Gasteiger partial charge < -0.3 is 14.1 Å². The van der Waals surface area contributed by atoms with Crippen molar-refractivity contribution in [2.24, 2.45) is 0 Å². The van der Waals surface area contributed by atoms with Gasteiger partial charge in [-0.3, -0.25) is 15.6 Å². The van der Waals surface area contributed by atoms with Gasteiger partial charge in [0, 0.05) is 36.6 Å². The lowest BCUT2D eigenvalue weighted by Crippen LogP contribution is -2.32. The summed E-state index contributed by atoms with van der Waals surface area (Å²) in [6, 6.07) is 16.8. The molecular formula is C24H29N3O3. The van der Waals surface area contributed by atoms with Crippen LogP contribution in [0.4, 0.5) is 0 Å². The van der Waals surface area contributed by atoms with Crippen molar-refractivity contribution in [1.29, 1.82) is 0 Å². The van der Waals surface area contributed by atoms with E-state index < -0.39 is 0 Å². The number of aryl methyl sites for hydroxylation is 1. The van der Waals surface area contributed by atoms with Crippen LogP contribution in [0.2, 0.25) is 0 Å². The van der Waals surface area contributed by atoms with Crippen molar-refractivity contribution in [2.45, 2.75) is 38.3 Å². The van der Waals surface area contributed by atoms with E-state index in [-0.39, 0.29) is 5.91 Å². The molecule has 2 heterocycles. The number of hydrazine groups is 1. The van der Waals surface area contributed by atoms with Gasteiger partial charge in [-0.05, 0) is 49.9 Å². The molecule has 1 amide bonds. The predicted octanol–water partition coefficient (Wildman–Crippen LogP) is 4.21. The molecular weight excluding hydrogens is 378 g/mol. The van der Waals surface area contributed by atoms with E-state index in [2.05, 4.69) is 35.1 Å². The molecule has 0 radical (unpaired) electrons. The Hall–Kier alpha value is -2.83. The maximum Gasteiger partial charge on any atom is 0.289 e. The molecule has 0 bridgehead atoms. The average molecular weight is 408 g/mol. The fraction of sp³-hybridized carbons (Fsp3) is 0.375. The molecule has 0 saturated carbocycles. The molecule has 3 aromatic rings. The topological polar surface area (TPSA) is 66.7 Å². The van der Waals surface area contributed by atoms with Crippen LogP contribution in [-0.4, -0.2) is 37.6 Å². The quantitative estimate of drug-likeness (QED) is 0.614. The molecule has 2 atom stereocenters. The van der Waals surface area contributed by atoms with Crippen molar-refractivity contribution in [3.05, 3.63) is 65.4 Å². The van der Waals surface area contributed by atoms with E-state index in [1.54, 1.807) is 12.0 Å². The minimum Gasteiger partial charge on any atom is -0.497 e. The zero-order valence-corrected chi connectivity index (χ0v) is 17.8. The largest absolute Gasteiger partial charge is 0.497 e. The zero-order chi connectivity index (χ0) is 21.1. The van der Waals surface area contributed by atoms with Gasteiger partial charge in [0.05, 0.1) is 7.11 Å². The Kier molecular flexibility index (Phi) is 6.06. The van der Waals surface area contributed by atoms with Gasteiger partial charge in [0.1, 0.15) is 11.3 Å². The molecule has 4 rings (SSSR count). The molecule has 2 unspecified atom stereocenters. The molecule has 0 aliphatic carbocycles. The minimum absolute atomic E-state index is 0.0812. The number of carbonyl (C=O) groups excluding carboxylic acids is 1. The van der Waals surface area contributed by atoms with Gasteiger partial charge in [-0.1, -0.05) is 30.3 Å². The third-order valence-corrected chi connectivity index (χ3v) is 5.91. The molecule has 6 heteroatoms. The maximum atomic E-state index is 12.9. The first-order valence-corrected chi connectivity index (χ1v) is 10.5. The molecule has 1 saturated heterocycles. The summed E-state index contributed by atoms with van der Waals surface area (Å²) in [4.78, 5) is 14.7. The van der Waals surface area contributed by atoms with Gasteiger partial charge in [0.25, 0.3) is 5.91 Å². The van der Waals surface area contributed by atoms with Crippen LogP contribution in [0.3, 0.4) is 0 Å². The average Bonchev–Trinajstić information content (AvgIpc) is 3.38. The van der Waals surface area contributed by atoms with E-state index in [1.165, 1.54) is 5.56 Å². The van der Waals surface area contributed by atoms with E-state index in [1.807, 2.05) is 38.2 Å². The second kappa shape index (κ2) is 8.90. The van der Waals surface area contributed by atoms with E-state index in [0.29, 0.717) is 30.0 Å². The van der Waals surface area contributed by atoms with Crippen LogP contribution in [0, 0.1) is 6.92 Å². The summed E-state index contributed by atoms with van der Waals surface area (Å²) in [5.41, 5.74) is 9.64. The van der Waals surface area contributed by atoms with Crippen LogP contribution in [-0.2, 0) is 0 Å². The first-order valence-electron chi connectivity index (χ1n) is 10.5. The van der Waals surface area contributed by atoms with Crippen molar-refractivity contribution in [3.63, 3.8) is 0 Å². The molecule has 6 nitrogen and oxygen atoms in total. The third kappa shape index (κ3) is 4.20. The van der Waals surface area contributed by atoms with Gasteiger partial charge in [-0.25, -0.2) is 0 Å². The van der Waals surface area contributed by atoms with Crippen LogP contribution in [0.25, 0.3) is 11.0 Å². The second-order valence-electron chi connectivity index (χ2n) is 7.97. The maximum absolute atomic E-state index is 12.9. The summed E-state index contributed by atoms with van der Waals surface area (Å²) in [6.07, 6.45) is 2.98. The molecule has 158 valence electrons. The van der Waals surface area contributed by atoms with Crippen LogP contribution >= 0.6 is 0 Å². The highest BCUT2D eigenvalue weighted by Gasteiger charge is 2.25. The highest BCUT2D eigenvalue weighted by Crippen LogP contribution is 2.29. The number of carbonyl (C=O) groups is 1. The highest BCUT2D eigenvalue weighted by molar-refractivity contribution is 5.99. The lowest BCUT2D eigenvalue weighted by Gasteiger charge is -2.17. The molecule has 0 spiro atoms. The van der Waals surface area contributed by atoms with Crippen LogP contribution in [0.5, 0.6) is 5.75 Å². The standard InChI is InChI=1S/C24H29N3O3/c1-16-20-15-19(29-3)11-12-22(20)30-23(16)24(28)27(2)13-7-10-18-14-21(26-25-18)17-8-5-4-6-9-17/h4-6,8-9,11-12,15,18,21,25-26H,7,10,13-14H2,1-3H3. The molecule has 30 heavy (non-hydrogen) atoms. The van der Waals surface area contributed by atoms with Gasteiger partial charge in [-0.15, -0.1) is 0 Å². The number of nitrogens with one attached hydrogen (secondary N) is 2. The third-order valence-electron chi connectivity index (χ3n) is 5.91. The van der Waals surface area contributed by atoms with Gasteiger partial charge >= 0.3 is 0 Å². The summed E-state index contributed by atoms with van der Waals surface area (Å²) >= 11 is 0. The number of benzene rings is 2. The van der Waals surface area contributed by atoms with Crippen LogP contribution in [0.1, 0.15) is 47.0 Å². The fourth-order valence-electron chi connectivity index (χ4n) is 4.10. The Balaban J connectivity index is 1.31. The highest BCUT2D eigenvalue weighted by atomic mass is 16.5. The monoisotopic (exact) mass is 407 g/mol. The van der Waals surface area contributed by atoms with Crippen molar-refractivity contribution in [2.75, 3.05) is 20.7 Å². The first-order chi connectivity index (χ1) is 14.6. The number of hydrogen-bond donors (Lipinski definition) is 2. The van der Waals surface area contributed by atoms with Crippen molar-refractivity contribution < 1.29 is 13.9 Å². The SMILES string of the molecule is COc1ccc2oc(C(=O)N(C)CCCC3CC(c4ccccc4)NN3)c(C)c2c1. The zero-order valence-electron chi connectivity index (χ0n) is 17.8. The Labute approximate surface area is 177 Å². The number of amides is 1. The Morgan fingerprint density at radius 1 is 1.20 bits per heavy atom. The molecule has 1 aromatic heterocycles. The van der Waals surface area contributed by atoms with E-state index >= 15 is 0 Å². The lowest BCUT2D eigenvalue weighted by molar-refractivity contribution is 0.0761. The number of ether oxygens (including phenoxy) is 1. The molecule has 1 aliphatic rings. The first kappa shape index (κ1) is 20.4. The lowest BCUT2D eigenvalue weighted by atomic mass is 10.00. The van der Waals surface area contributed by atoms with Crippen molar-refractivity contribution >= 4 is 16.9 Å². The summed E-state index contributed by atoms with van der Waals surface area (Å²) in [7, 11) is 3.47. The van der Waals surface area contributed by atoms with Gasteiger partial charge in [0.2, 0.25) is 0 Å². The second-order valence-corrected chi connectivity index (χ2v) is 7.97. The Morgan fingerprint density at radius 3 is 2.77 bits per heavy atom. The van der Waals surface area contributed by atoms with Gasteiger partial charge in [-0.2, -0.15) is 0 Å². The van der Waals surface area contributed by atoms with E-state index in [0.717, 1.165) is 36.0 Å². The van der Waals surface area contributed by atoms with Crippen LogP contribution < -0.4 is 15.6 Å². The predicted molar refractivity (Wildman–Crippen MR) is 118 cm³/mol. The summed E-state index contributed by atoms with van der Waals surface area (Å²) in [5, 5.41) is 0.916. The fourth-order valence-corrected chi connectivity index (χ4v) is 4.10. The number of rotatable bonds is 7. The summed E-state index contributed by atoms with van der Waals surface area (Å²) < 4.78 is 11.1. The van der Waals surface area contributed by atoms with Crippen molar-refractivity contribution in [3.8, 4) is 5.75 Å². The Morgan fingerprint density at radius 2 is 2.00 bits per heavy atom. The number of hydrogen-bond acceptors (Lipinski definition) is 5. The number of methoxy groups -OCH3 is 1. The normalized spacial score (nSPS) is 18.6. The minimum atomic E-state index is -0.0812. The number of furan rings is 1. The molecule has 2 N–H and O–H groups in total. The Bertz CT molecular complexity index is 1020. The number of fused-ring (bicyclic) bond motifs is 1. The van der Waals surface area contributed by atoms with Crippen LogP contribution in [0.15, 0.2) is 52.9 Å². The van der Waals surface area contributed by atoms with E-state index in [9.17, 15) is 4.79 Å². The molecule has 1 fully saturated rings. The smallest absolute Gasteiger partial charge is 0.289 e. The van der Waals surface area contributed by atoms with Gasteiger partial charge in [0.15, 0.2) is 5.76 Å². The molecule has 2 aromatic carbocycles. The summed E-state index contributed by atoms with van der Waals surface area (Å²) in [5.74, 6) is 1.08. The van der Waals surface area contributed by atoms with Crippen molar-refractivity contribution in [1.82, 2.24) is 15.8 Å². The molecule has 1 aliphatic heterocycles. The van der Waals surface area contributed by atoms with E-state index in [4.69, 9.17) is 9.15 Å².